The number of nitrogens with one attached hydrogen (secondary N) is 1. The molecule has 3 aromatic rings. The molecule has 0 saturated carbocycles. The number of esters is 1. The molecule has 1 atom stereocenters. The molecule has 0 radical (unpaired) electrons. The molecule has 0 fully saturated rings. The molecular formula is C31H37N5O7S. The number of rotatable bonds is 12. The number of guanidine groups is 1. The lowest BCUT2D eigenvalue weighted by molar-refractivity contribution is 0.0526. The maximum atomic E-state index is 13.0. The van der Waals surface area contributed by atoms with Gasteiger partial charge in [0.25, 0.3) is 0 Å². The zero-order valence-corrected chi connectivity index (χ0v) is 26.0. The van der Waals surface area contributed by atoms with E-state index in [4.69, 9.17) is 14.2 Å². The molecular weight excluding hydrogens is 586 g/mol. The van der Waals surface area contributed by atoms with Crippen LogP contribution >= 0.6 is 0 Å². The van der Waals surface area contributed by atoms with Crippen molar-refractivity contribution in [3.05, 3.63) is 101 Å². The topological polar surface area (TPSA) is 142 Å². The van der Waals surface area contributed by atoms with E-state index in [1.165, 1.54) is 19.2 Å². The van der Waals surface area contributed by atoms with E-state index >= 15 is 0 Å². The average Bonchev–Trinajstić information content (AvgIpc) is 3.40. The third-order valence-corrected chi connectivity index (χ3v) is 8.34. The molecule has 2 N–H and O–H groups in total. The van der Waals surface area contributed by atoms with Crippen LogP contribution in [0, 0.1) is 0 Å². The second-order valence-electron chi connectivity index (χ2n) is 9.81. The van der Waals surface area contributed by atoms with Gasteiger partial charge in [-0.1, -0.05) is 49.4 Å². The van der Waals surface area contributed by atoms with E-state index in [-0.39, 0.29) is 32.4 Å². The Hall–Kier alpha value is -4.30. The largest absolute Gasteiger partial charge is 0.489 e. The Labute approximate surface area is 257 Å². The van der Waals surface area contributed by atoms with E-state index < -0.39 is 21.8 Å². The molecule has 44 heavy (non-hydrogen) atoms. The Morgan fingerprint density at radius 3 is 2.45 bits per heavy atom. The summed E-state index contributed by atoms with van der Waals surface area (Å²) in [6, 6.07) is 23.1. The van der Waals surface area contributed by atoms with E-state index in [9.17, 15) is 18.3 Å². The normalized spacial score (nSPS) is 17.0. The van der Waals surface area contributed by atoms with Crippen molar-refractivity contribution in [1.29, 1.82) is 0 Å². The van der Waals surface area contributed by atoms with Gasteiger partial charge in [0.05, 0.1) is 18.7 Å². The van der Waals surface area contributed by atoms with Gasteiger partial charge in [0.1, 0.15) is 24.8 Å². The van der Waals surface area contributed by atoms with Gasteiger partial charge in [-0.2, -0.15) is 17.8 Å². The van der Waals surface area contributed by atoms with E-state index in [0.29, 0.717) is 34.8 Å². The number of carbonyl (C=O) groups excluding carboxylic acids is 1. The predicted octanol–water partition coefficient (Wildman–Crippen LogP) is 3.10. The highest BCUT2D eigenvalue weighted by Gasteiger charge is 2.45. The van der Waals surface area contributed by atoms with Crippen LogP contribution in [0.3, 0.4) is 0 Å². The molecule has 0 amide bonds. The van der Waals surface area contributed by atoms with Crippen LogP contribution in [0.15, 0.2) is 89.0 Å². The van der Waals surface area contributed by atoms with Crippen LogP contribution in [0.1, 0.15) is 40.9 Å². The van der Waals surface area contributed by atoms with Gasteiger partial charge in [-0.15, -0.1) is 0 Å². The van der Waals surface area contributed by atoms with E-state index in [1.807, 2.05) is 24.3 Å². The van der Waals surface area contributed by atoms with Crippen LogP contribution in [-0.4, -0.2) is 81.1 Å². The zero-order valence-electron chi connectivity index (χ0n) is 25.1. The number of ether oxygens (including phenoxy) is 3. The first-order valence-electron chi connectivity index (χ1n) is 14.0. The Morgan fingerprint density at radius 1 is 1.09 bits per heavy atom. The van der Waals surface area contributed by atoms with Crippen molar-refractivity contribution >= 4 is 27.8 Å². The molecule has 13 heteroatoms. The van der Waals surface area contributed by atoms with Gasteiger partial charge in [-0.25, -0.2) is 14.5 Å². The molecule has 234 valence electrons. The summed E-state index contributed by atoms with van der Waals surface area (Å²) in [4.78, 5) is 16.2. The molecule has 0 spiro atoms. The van der Waals surface area contributed by atoms with Crippen LogP contribution in [0.4, 0.5) is 0 Å². The van der Waals surface area contributed by atoms with Crippen LogP contribution in [0.5, 0.6) is 5.75 Å². The summed E-state index contributed by atoms with van der Waals surface area (Å²) in [6.07, 6.45) is 0. The molecule has 1 unspecified atom stereocenters. The van der Waals surface area contributed by atoms with Crippen LogP contribution < -0.4 is 9.46 Å². The van der Waals surface area contributed by atoms with Gasteiger partial charge in [-0.3, -0.25) is 4.99 Å². The highest BCUT2D eigenvalue weighted by molar-refractivity contribution is 7.87. The van der Waals surface area contributed by atoms with Crippen molar-refractivity contribution in [2.24, 2.45) is 10.1 Å². The molecule has 12 nitrogen and oxygen atoms in total. The first-order valence-corrected chi connectivity index (χ1v) is 15.5. The van der Waals surface area contributed by atoms with Crippen molar-refractivity contribution < 1.29 is 32.5 Å². The summed E-state index contributed by atoms with van der Waals surface area (Å²) < 4.78 is 45.7. The number of carbonyl (C=O) groups is 1. The molecule has 1 aliphatic heterocycles. The van der Waals surface area contributed by atoms with Gasteiger partial charge in [0.15, 0.2) is 5.60 Å². The fourth-order valence-electron chi connectivity index (χ4n) is 4.64. The fraction of sp³-hybridized carbons (Fsp3) is 0.323. The van der Waals surface area contributed by atoms with Gasteiger partial charge >= 0.3 is 16.2 Å². The molecule has 1 aliphatic rings. The third-order valence-electron chi connectivity index (χ3n) is 6.86. The number of aliphatic imine (C=N–C) groups is 1. The molecule has 1 heterocycles. The number of benzene rings is 3. The molecule has 3 aromatic carbocycles. The first-order chi connectivity index (χ1) is 21.1. The lowest BCUT2D eigenvalue weighted by atomic mass is 9.86. The second kappa shape index (κ2) is 14.4. The molecule has 0 saturated heterocycles. The smallest absolute Gasteiger partial charge is 0.338 e. The molecule has 0 aromatic heterocycles. The monoisotopic (exact) mass is 623 g/mol. The minimum absolute atomic E-state index is 0.0612. The molecule has 4 rings (SSSR count). The fourth-order valence-corrected chi connectivity index (χ4v) is 5.78. The van der Waals surface area contributed by atoms with Crippen LogP contribution in [0.25, 0.3) is 0 Å². The van der Waals surface area contributed by atoms with Crippen LogP contribution in [-0.2, 0) is 31.9 Å². The summed E-state index contributed by atoms with van der Waals surface area (Å²) in [5.74, 6) is 0.113. The minimum atomic E-state index is -4.02. The zero-order chi connectivity index (χ0) is 31.7. The van der Waals surface area contributed by atoms with E-state index in [2.05, 4.69) is 14.8 Å². The highest BCUT2D eigenvalue weighted by atomic mass is 32.2. The number of hydrogen-bond donors (Lipinski definition) is 2. The predicted molar refractivity (Wildman–Crippen MR) is 166 cm³/mol. The Kier molecular flexibility index (Phi) is 10.7. The molecule has 0 bridgehead atoms. The summed E-state index contributed by atoms with van der Waals surface area (Å²) in [5, 5.41) is 18.0. The second-order valence-corrected chi connectivity index (χ2v) is 11.5. The SMILES string of the molecule is CCOC(=O)c1cccc(COc2ccc(C3=NN(C(=NC)NS(=O)(=O)N(CC)COC)CC3(O)c3ccccc3)cc2)c1. The van der Waals surface area contributed by atoms with Crippen molar-refractivity contribution in [1.82, 2.24) is 14.0 Å². The van der Waals surface area contributed by atoms with Crippen LogP contribution in [0.2, 0.25) is 0 Å². The Bertz CT molecular complexity index is 1600. The first kappa shape index (κ1) is 32.6. The number of hydrazone groups is 1. The third kappa shape index (κ3) is 7.42. The summed E-state index contributed by atoms with van der Waals surface area (Å²) in [7, 11) is -1.17. The van der Waals surface area contributed by atoms with Crippen molar-refractivity contribution in [3.63, 3.8) is 0 Å². The highest BCUT2D eigenvalue weighted by Crippen LogP contribution is 2.33. The number of hydrogen-bond acceptors (Lipinski definition) is 9. The maximum absolute atomic E-state index is 13.0. The standard InChI is InChI=1S/C31H37N5O7S/c1-5-35(22-41-4)44(39,40)34-30(32-3)36-21-31(38,26-13-8-7-9-14-26)28(33-36)24-15-17-27(18-16-24)43-20-23-11-10-12-25(19-23)29(37)42-6-2/h7-19,38H,5-6,20-22H2,1-4H3,(H,32,34). The number of nitrogens with zero attached hydrogens (tertiary/aromatic N) is 4. The molecule has 0 aliphatic carbocycles. The van der Waals surface area contributed by atoms with Gasteiger partial charge in [0, 0.05) is 26.3 Å². The van der Waals surface area contributed by atoms with Gasteiger partial charge in [0.2, 0.25) is 5.96 Å². The summed E-state index contributed by atoms with van der Waals surface area (Å²) in [5.41, 5.74) is 1.15. The van der Waals surface area contributed by atoms with E-state index in [1.54, 1.807) is 68.4 Å². The van der Waals surface area contributed by atoms with Crippen molar-refractivity contribution in [2.45, 2.75) is 26.1 Å². The van der Waals surface area contributed by atoms with E-state index in [0.717, 1.165) is 9.87 Å². The lowest BCUT2D eigenvalue weighted by Gasteiger charge is -2.27. The van der Waals surface area contributed by atoms with Gasteiger partial charge < -0.3 is 19.3 Å². The summed E-state index contributed by atoms with van der Waals surface area (Å²) >= 11 is 0. The Balaban J connectivity index is 1.58. The number of β-amino-alcohol motifs (C(OH)–C–C–N with tert-alkyl or cyclic N) is 1. The summed E-state index contributed by atoms with van der Waals surface area (Å²) in [6.45, 7) is 3.91. The quantitative estimate of drug-likeness (QED) is 0.136. The van der Waals surface area contributed by atoms with Crippen molar-refractivity contribution in [3.8, 4) is 5.75 Å². The Morgan fingerprint density at radius 2 is 1.82 bits per heavy atom. The van der Waals surface area contributed by atoms with Gasteiger partial charge in [-0.05, 0) is 54.4 Å². The average molecular weight is 624 g/mol. The van der Waals surface area contributed by atoms with Crippen molar-refractivity contribution in [2.75, 3.05) is 40.6 Å². The number of methoxy groups -OCH3 is 1. The lowest BCUT2D eigenvalue weighted by Crippen LogP contribution is -2.50. The number of aliphatic hydroxyl groups is 1. The maximum Gasteiger partial charge on any atom is 0.338 e. The minimum Gasteiger partial charge on any atom is -0.489 e.